The lowest BCUT2D eigenvalue weighted by Crippen LogP contribution is -2.44. The first-order valence-electron chi connectivity index (χ1n) is 10.5. The van der Waals surface area contributed by atoms with Gasteiger partial charge in [0.05, 0.1) is 13.2 Å². The summed E-state index contributed by atoms with van der Waals surface area (Å²) < 4.78 is 0. The van der Waals surface area contributed by atoms with Crippen LogP contribution in [0, 0.1) is 11.8 Å². The van der Waals surface area contributed by atoms with Gasteiger partial charge in [-0.2, -0.15) is 0 Å². The van der Waals surface area contributed by atoms with Gasteiger partial charge in [0.25, 0.3) is 0 Å². The standard InChI is InChI=1S/C23H29N3O3/c27-15-17-3-1-2-4-21(17)24-18-9-11-26(12-10-18)14-23(29)25-19-6-7-20-16(13-19)5-8-22(20)28/h1-4,6-7,13,16,18,20,24,27H,5,8-12,14-15H2,(H,25,29). The number of piperidine rings is 1. The van der Waals surface area contributed by atoms with Gasteiger partial charge < -0.3 is 15.7 Å². The highest BCUT2D eigenvalue weighted by molar-refractivity contribution is 5.86. The van der Waals surface area contributed by atoms with Crippen LogP contribution in [-0.2, 0) is 16.2 Å². The van der Waals surface area contributed by atoms with Gasteiger partial charge in [0.2, 0.25) is 5.91 Å². The summed E-state index contributed by atoms with van der Waals surface area (Å²) in [7, 11) is 0. The molecule has 3 aliphatic rings. The summed E-state index contributed by atoms with van der Waals surface area (Å²) in [4.78, 5) is 26.4. The highest BCUT2D eigenvalue weighted by Crippen LogP contribution is 2.34. The normalized spacial score (nSPS) is 24.9. The topological polar surface area (TPSA) is 81.7 Å². The van der Waals surface area contributed by atoms with Crippen LogP contribution in [0.2, 0.25) is 0 Å². The molecule has 1 heterocycles. The molecule has 3 N–H and O–H groups in total. The summed E-state index contributed by atoms with van der Waals surface area (Å²) in [6.45, 7) is 2.14. The molecule has 0 bridgehead atoms. The number of hydrogen-bond donors (Lipinski definition) is 3. The minimum Gasteiger partial charge on any atom is -0.392 e. The first-order valence-corrected chi connectivity index (χ1v) is 10.5. The predicted octanol–water partition coefficient (Wildman–Crippen LogP) is 2.22. The van der Waals surface area contributed by atoms with Crippen molar-refractivity contribution < 1.29 is 14.7 Å². The summed E-state index contributed by atoms with van der Waals surface area (Å²) in [6.07, 6.45) is 9.30. The monoisotopic (exact) mass is 395 g/mol. The molecule has 29 heavy (non-hydrogen) atoms. The van der Waals surface area contributed by atoms with E-state index in [0.29, 0.717) is 24.8 Å². The number of para-hydroxylation sites is 1. The van der Waals surface area contributed by atoms with E-state index in [4.69, 9.17) is 0 Å². The molecule has 0 spiro atoms. The lowest BCUT2D eigenvalue weighted by molar-refractivity contribution is -0.121. The van der Waals surface area contributed by atoms with Crippen molar-refractivity contribution in [3.05, 3.63) is 53.8 Å². The number of aliphatic hydroxyl groups is 1. The largest absolute Gasteiger partial charge is 0.392 e. The minimum absolute atomic E-state index is 0.000656. The highest BCUT2D eigenvalue weighted by atomic mass is 16.3. The summed E-state index contributed by atoms with van der Waals surface area (Å²) in [5.74, 6) is 0.566. The zero-order valence-electron chi connectivity index (χ0n) is 16.6. The molecule has 2 fully saturated rings. The maximum Gasteiger partial charge on any atom is 0.238 e. The van der Waals surface area contributed by atoms with E-state index in [1.807, 2.05) is 42.5 Å². The molecule has 1 aromatic carbocycles. The number of anilines is 1. The van der Waals surface area contributed by atoms with Gasteiger partial charge in [-0.1, -0.05) is 30.4 Å². The fraction of sp³-hybridized carbons (Fsp3) is 0.478. The third-order valence-corrected chi connectivity index (χ3v) is 6.22. The molecular formula is C23H29N3O3. The van der Waals surface area contributed by atoms with Gasteiger partial charge in [-0.15, -0.1) is 0 Å². The molecule has 1 aromatic rings. The van der Waals surface area contributed by atoms with Crippen LogP contribution in [0.1, 0.15) is 31.2 Å². The van der Waals surface area contributed by atoms with E-state index < -0.39 is 0 Å². The number of hydrogen-bond acceptors (Lipinski definition) is 5. The molecule has 1 saturated heterocycles. The van der Waals surface area contributed by atoms with Gasteiger partial charge in [0.1, 0.15) is 5.78 Å². The van der Waals surface area contributed by atoms with E-state index in [-0.39, 0.29) is 24.3 Å². The Hall–Kier alpha value is -2.44. The van der Waals surface area contributed by atoms with Crippen LogP contribution in [0.25, 0.3) is 0 Å². The van der Waals surface area contributed by atoms with Crippen molar-refractivity contribution in [3.63, 3.8) is 0 Å². The molecule has 6 heteroatoms. The number of ketones is 1. The first-order chi connectivity index (χ1) is 14.1. The molecule has 0 radical (unpaired) electrons. The Bertz CT molecular complexity index is 824. The van der Waals surface area contributed by atoms with Gasteiger partial charge in [-0.3, -0.25) is 14.5 Å². The van der Waals surface area contributed by atoms with Crippen molar-refractivity contribution in [2.75, 3.05) is 25.0 Å². The van der Waals surface area contributed by atoms with E-state index in [2.05, 4.69) is 15.5 Å². The fourth-order valence-electron chi connectivity index (χ4n) is 4.57. The number of nitrogens with zero attached hydrogens (tertiary/aromatic N) is 1. The summed E-state index contributed by atoms with van der Waals surface area (Å²) in [5.41, 5.74) is 2.73. The molecular weight excluding hydrogens is 366 g/mol. The lowest BCUT2D eigenvalue weighted by atomic mass is 9.90. The molecule has 1 amide bonds. The quantitative estimate of drug-likeness (QED) is 0.688. The van der Waals surface area contributed by atoms with Crippen molar-refractivity contribution in [3.8, 4) is 0 Å². The van der Waals surface area contributed by atoms with Crippen LogP contribution in [0.5, 0.6) is 0 Å². The van der Waals surface area contributed by atoms with Crippen LogP contribution in [-0.4, -0.2) is 47.4 Å². The van der Waals surface area contributed by atoms with Crippen molar-refractivity contribution in [2.24, 2.45) is 11.8 Å². The summed E-state index contributed by atoms with van der Waals surface area (Å²) in [6, 6.07) is 8.18. The lowest BCUT2D eigenvalue weighted by Gasteiger charge is -2.32. The number of Topliss-reactive ketones (excluding diaryl/α,β-unsaturated/α-hetero) is 1. The SMILES string of the molecule is O=C(CN1CCC(Nc2ccccc2CO)CC1)NC1=CC2CCC(=O)C2C=C1. The Kier molecular flexibility index (Phi) is 6.11. The number of rotatable bonds is 6. The van der Waals surface area contributed by atoms with Crippen LogP contribution in [0.15, 0.2) is 48.2 Å². The van der Waals surface area contributed by atoms with Crippen molar-refractivity contribution in [1.82, 2.24) is 10.2 Å². The maximum atomic E-state index is 12.5. The predicted molar refractivity (Wildman–Crippen MR) is 112 cm³/mol. The van der Waals surface area contributed by atoms with E-state index in [9.17, 15) is 14.7 Å². The number of benzene rings is 1. The summed E-state index contributed by atoms with van der Waals surface area (Å²) >= 11 is 0. The van der Waals surface area contributed by atoms with Gasteiger partial charge >= 0.3 is 0 Å². The van der Waals surface area contributed by atoms with Crippen molar-refractivity contribution in [2.45, 2.75) is 38.3 Å². The summed E-state index contributed by atoms with van der Waals surface area (Å²) in [5, 5.41) is 16.0. The Morgan fingerprint density at radius 2 is 1.97 bits per heavy atom. The molecule has 2 aliphatic carbocycles. The van der Waals surface area contributed by atoms with Crippen molar-refractivity contribution in [1.29, 1.82) is 0 Å². The molecule has 154 valence electrons. The molecule has 4 rings (SSSR count). The minimum atomic E-state index is 0.000656. The zero-order valence-corrected chi connectivity index (χ0v) is 16.6. The third kappa shape index (κ3) is 4.77. The second-order valence-electron chi connectivity index (χ2n) is 8.23. The molecule has 1 saturated carbocycles. The van der Waals surface area contributed by atoms with Crippen molar-refractivity contribution >= 4 is 17.4 Å². The van der Waals surface area contributed by atoms with Gasteiger partial charge in [0.15, 0.2) is 0 Å². The Labute approximate surface area is 171 Å². The smallest absolute Gasteiger partial charge is 0.238 e. The molecule has 2 atom stereocenters. The van der Waals surface area contributed by atoms with Crippen LogP contribution in [0.4, 0.5) is 5.69 Å². The second-order valence-corrected chi connectivity index (χ2v) is 8.23. The Morgan fingerprint density at radius 3 is 2.76 bits per heavy atom. The Balaban J connectivity index is 1.23. The molecule has 6 nitrogen and oxygen atoms in total. The Morgan fingerprint density at radius 1 is 1.17 bits per heavy atom. The van der Waals surface area contributed by atoms with E-state index >= 15 is 0 Å². The molecule has 1 aliphatic heterocycles. The van der Waals surface area contributed by atoms with Crippen LogP contribution in [0.3, 0.4) is 0 Å². The first kappa shape index (κ1) is 19.9. The zero-order chi connectivity index (χ0) is 20.2. The number of likely N-dealkylation sites (tertiary alicyclic amines) is 1. The van der Waals surface area contributed by atoms with Gasteiger partial charge in [0, 0.05) is 48.4 Å². The van der Waals surface area contributed by atoms with Gasteiger partial charge in [-0.05, 0) is 37.3 Å². The maximum absolute atomic E-state index is 12.5. The number of fused-ring (bicyclic) bond motifs is 1. The highest BCUT2D eigenvalue weighted by Gasteiger charge is 2.33. The number of aliphatic hydroxyl groups excluding tert-OH is 1. The number of amides is 1. The molecule has 2 unspecified atom stereocenters. The third-order valence-electron chi connectivity index (χ3n) is 6.22. The number of carbonyl (C=O) groups is 2. The van der Waals surface area contributed by atoms with E-state index in [1.54, 1.807) is 0 Å². The van der Waals surface area contributed by atoms with Crippen LogP contribution < -0.4 is 10.6 Å². The van der Waals surface area contributed by atoms with Gasteiger partial charge in [-0.25, -0.2) is 0 Å². The second kappa shape index (κ2) is 8.93. The number of allylic oxidation sites excluding steroid dienone is 3. The van der Waals surface area contributed by atoms with E-state index in [1.165, 1.54) is 0 Å². The average Bonchev–Trinajstić information content (AvgIpc) is 3.10. The number of carbonyl (C=O) groups excluding carboxylic acids is 2. The van der Waals surface area contributed by atoms with Crippen LogP contribution >= 0.6 is 0 Å². The molecule has 0 aromatic heterocycles. The average molecular weight is 396 g/mol. The number of nitrogens with one attached hydrogen (secondary N) is 2. The fourth-order valence-corrected chi connectivity index (χ4v) is 4.57. The van der Waals surface area contributed by atoms with E-state index in [0.717, 1.165) is 49.3 Å².